The average Bonchev–Trinajstić information content (AvgIpc) is 2.17. The fourth-order valence-corrected chi connectivity index (χ4v) is 1.85. The first-order chi connectivity index (χ1) is 7.16. The van der Waals surface area contributed by atoms with Gasteiger partial charge in [0, 0.05) is 11.6 Å². The zero-order valence-electron chi connectivity index (χ0n) is 8.70. The molecule has 1 atom stereocenters. The van der Waals surface area contributed by atoms with Gasteiger partial charge in [-0.25, -0.2) is 0 Å². The Bertz CT molecular complexity index is 399. The molecule has 1 unspecified atom stereocenters. The number of benzene rings is 1. The normalized spacial score (nSPS) is 21.1. The van der Waals surface area contributed by atoms with E-state index in [0.717, 1.165) is 18.5 Å². The van der Waals surface area contributed by atoms with Gasteiger partial charge in [0.15, 0.2) is 0 Å². The number of phenolic OH excluding ortho intramolecular Hbond substituents is 2. The minimum absolute atomic E-state index is 0.0550. The van der Waals surface area contributed by atoms with Crippen molar-refractivity contribution in [2.45, 2.75) is 19.4 Å². The first kappa shape index (κ1) is 10.1. The molecule has 0 aromatic heterocycles. The highest BCUT2D eigenvalue weighted by atomic mass is 16.3. The Morgan fingerprint density at radius 1 is 1.33 bits per heavy atom. The maximum absolute atomic E-state index is 9.70. The maximum Gasteiger partial charge on any atom is 0.124 e. The van der Waals surface area contributed by atoms with E-state index in [4.69, 9.17) is 0 Å². The molecule has 1 aliphatic rings. The van der Waals surface area contributed by atoms with Gasteiger partial charge < -0.3 is 15.5 Å². The van der Waals surface area contributed by atoms with Gasteiger partial charge in [-0.3, -0.25) is 0 Å². The number of hydrogen-bond donors (Lipinski definition) is 3. The van der Waals surface area contributed by atoms with Crippen molar-refractivity contribution in [1.29, 1.82) is 0 Å². The summed E-state index contributed by atoms with van der Waals surface area (Å²) in [6.45, 7) is 3.01. The fourth-order valence-electron chi connectivity index (χ4n) is 1.85. The summed E-state index contributed by atoms with van der Waals surface area (Å²) < 4.78 is 0. The lowest BCUT2D eigenvalue weighted by atomic mass is 9.98. The Morgan fingerprint density at radius 2 is 2.13 bits per heavy atom. The van der Waals surface area contributed by atoms with E-state index in [1.165, 1.54) is 11.6 Å². The summed E-state index contributed by atoms with van der Waals surface area (Å²) in [5.74, 6) is 0.228. The molecule has 2 rings (SSSR count). The zero-order chi connectivity index (χ0) is 10.8. The second-order valence-electron chi connectivity index (χ2n) is 3.94. The van der Waals surface area contributed by atoms with Gasteiger partial charge in [-0.15, -0.1) is 0 Å². The molecule has 0 fully saturated rings. The summed E-state index contributed by atoms with van der Waals surface area (Å²) in [6, 6.07) is 4.76. The van der Waals surface area contributed by atoms with Gasteiger partial charge in [-0.05, 0) is 32.0 Å². The predicted octanol–water partition coefficient (Wildman–Crippen LogP) is 2.08. The molecule has 1 heterocycles. The Balaban J connectivity index is 2.33. The van der Waals surface area contributed by atoms with Crippen LogP contribution < -0.4 is 5.32 Å². The van der Waals surface area contributed by atoms with E-state index in [2.05, 4.69) is 18.3 Å². The van der Waals surface area contributed by atoms with E-state index in [0.29, 0.717) is 0 Å². The maximum atomic E-state index is 9.70. The fraction of sp³-hybridized carbons (Fsp3) is 0.333. The highest BCUT2D eigenvalue weighted by Gasteiger charge is 2.16. The van der Waals surface area contributed by atoms with E-state index in [-0.39, 0.29) is 17.5 Å². The van der Waals surface area contributed by atoms with Crippen LogP contribution in [0.4, 0.5) is 0 Å². The smallest absolute Gasteiger partial charge is 0.124 e. The quantitative estimate of drug-likeness (QED) is 0.615. The molecule has 1 aliphatic heterocycles. The minimum Gasteiger partial charge on any atom is -0.508 e. The van der Waals surface area contributed by atoms with Gasteiger partial charge in [0.25, 0.3) is 0 Å². The summed E-state index contributed by atoms with van der Waals surface area (Å²) in [7, 11) is 0. The molecule has 0 radical (unpaired) electrons. The molecule has 0 amide bonds. The van der Waals surface area contributed by atoms with Gasteiger partial charge in [0.2, 0.25) is 0 Å². The molecule has 0 aliphatic carbocycles. The number of hydrogen-bond acceptors (Lipinski definition) is 3. The molecular formula is C12H15NO2. The zero-order valence-corrected chi connectivity index (χ0v) is 8.70. The first-order valence-corrected chi connectivity index (χ1v) is 5.09. The van der Waals surface area contributed by atoms with E-state index in [1.54, 1.807) is 12.1 Å². The Hall–Kier alpha value is -1.48. The number of nitrogens with one attached hydrogen (secondary N) is 1. The van der Waals surface area contributed by atoms with Gasteiger partial charge in [0.1, 0.15) is 11.5 Å². The van der Waals surface area contributed by atoms with Crippen molar-refractivity contribution in [1.82, 2.24) is 5.32 Å². The van der Waals surface area contributed by atoms with Crippen molar-refractivity contribution >= 4 is 0 Å². The Labute approximate surface area is 89.1 Å². The van der Waals surface area contributed by atoms with E-state index in [9.17, 15) is 10.2 Å². The highest BCUT2D eigenvalue weighted by Crippen LogP contribution is 2.30. The van der Waals surface area contributed by atoms with Crippen LogP contribution in [0, 0.1) is 0 Å². The molecular weight excluding hydrogens is 190 g/mol. The standard InChI is InChI=1S/C12H15NO2/c1-8-4-5-13-11(6-8)10-3-2-9(14)7-12(10)15/h2-3,6-7,11,13-15H,4-5H2,1H3. The molecule has 0 saturated heterocycles. The third kappa shape index (κ3) is 2.13. The Kier molecular flexibility index (Phi) is 2.64. The van der Waals surface area contributed by atoms with Crippen molar-refractivity contribution in [3.05, 3.63) is 35.4 Å². The monoisotopic (exact) mass is 205 g/mol. The molecule has 1 aromatic carbocycles. The highest BCUT2D eigenvalue weighted by molar-refractivity contribution is 5.43. The molecule has 0 saturated carbocycles. The molecule has 15 heavy (non-hydrogen) atoms. The number of phenols is 2. The van der Waals surface area contributed by atoms with Crippen LogP contribution in [0.25, 0.3) is 0 Å². The molecule has 1 aromatic rings. The molecule has 3 N–H and O–H groups in total. The lowest BCUT2D eigenvalue weighted by molar-refractivity contribution is 0.438. The largest absolute Gasteiger partial charge is 0.508 e. The van der Waals surface area contributed by atoms with Crippen LogP contribution in [-0.4, -0.2) is 16.8 Å². The average molecular weight is 205 g/mol. The van der Waals surface area contributed by atoms with Crippen LogP contribution in [0.3, 0.4) is 0 Å². The van der Waals surface area contributed by atoms with Crippen LogP contribution in [0.5, 0.6) is 11.5 Å². The second-order valence-corrected chi connectivity index (χ2v) is 3.94. The molecule has 80 valence electrons. The summed E-state index contributed by atoms with van der Waals surface area (Å²) in [5, 5.41) is 22.2. The van der Waals surface area contributed by atoms with Crippen LogP contribution in [-0.2, 0) is 0 Å². The van der Waals surface area contributed by atoms with Crippen molar-refractivity contribution < 1.29 is 10.2 Å². The van der Waals surface area contributed by atoms with E-state index >= 15 is 0 Å². The summed E-state index contributed by atoms with van der Waals surface area (Å²) in [6.07, 6.45) is 3.16. The van der Waals surface area contributed by atoms with Crippen molar-refractivity contribution in [2.75, 3.05) is 6.54 Å². The predicted molar refractivity (Wildman–Crippen MR) is 58.9 cm³/mol. The van der Waals surface area contributed by atoms with Gasteiger partial charge in [-0.1, -0.05) is 11.6 Å². The van der Waals surface area contributed by atoms with Gasteiger partial charge >= 0.3 is 0 Å². The summed E-state index contributed by atoms with van der Waals surface area (Å²) in [5.41, 5.74) is 2.14. The van der Waals surface area contributed by atoms with Gasteiger partial charge in [0.05, 0.1) is 6.04 Å². The van der Waals surface area contributed by atoms with Crippen molar-refractivity contribution in [3.8, 4) is 11.5 Å². The second kappa shape index (κ2) is 3.95. The van der Waals surface area contributed by atoms with Crippen molar-refractivity contribution in [2.24, 2.45) is 0 Å². The van der Waals surface area contributed by atoms with Crippen LogP contribution in [0.15, 0.2) is 29.8 Å². The van der Waals surface area contributed by atoms with Gasteiger partial charge in [-0.2, -0.15) is 0 Å². The summed E-state index contributed by atoms with van der Waals surface area (Å²) in [4.78, 5) is 0. The molecule has 3 nitrogen and oxygen atoms in total. The van der Waals surface area contributed by atoms with E-state index in [1.807, 2.05) is 0 Å². The lowest BCUT2D eigenvalue weighted by Gasteiger charge is -2.22. The van der Waals surface area contributed by atoms with Crippen LogP contribution >= 0.6 is 0 Å². The van der Waals surface area contributed by atoms with E-state index < -0.39 is 0 Å². The lowest BCUT2D eigenvalue weighted by Crippen LogP contribution is -2.25. The number of aromatic hydroxyl groups is 2. The summed E-state index contributed by atoms with van der Waals surface area (Å²) >= 11 is 0. The topological polar surface area (TPSA) is 52.5 Å². The number of rotatable bonds is 1. The molecule has 0 bridgehead atoms. The first-order valence-electron chi connectivity index (χ1n) is 5.09. The minimum atomic E-state index is 0.0550. The van der Waals surface area contributed by atoms with Crippen molar-refractivity contribution in [3.63, 3.8) is 0 Å². The Morgan fingerprint density at radius 3 is 2.80 bits per heavy atom. The van der Waals surface area contributed by atoms with Crippen LogP contribution in [0.2, 0.25) is 0 Å². The molecule has 3 heteroatoms. The third-order valence-corrected chi connectivity index (χ3v) is 2.68. The SMILES string of the molecule is CC1=CC(c2ccc(O)cc2O)NCC1. The molecule has 0 spiro atoms. The van der Waals surface area contributed by atoms with Crippen LogP contribution in [0.1, 0.15) is 24.9 Å². The third-order valence-electron chi connectivity index (χ3n) is 2.68.